The topological polar surface area (TPSA) is 29.3 Å². The molecule has 2 nitrogen and oxygen atoms in total. The summed E-state index contributed by atoms with van der Waals surface area (Å²) in [5.41, 5.74) is 4.92. The Morgan fingerprint density at radius 3 is 2.62 bits per heavy atom. The number of unbranched alkanes of at least 4 members (excludes halogenated alkanes) is 1. The molecule has 0 radical (unpaired) electrons. The average molecular weight is 192 g/mol. The lowest BCUT2D eigenvalue weighted by Crippen LogP contribution is -2.40. The van der Waals surface area contributed by atoms with Crippen molar-refractivity contribution < 1.29 is 8.78 Å². The van der Waals surface area contributed by atoms with Crippen molar-refractivity contribution in [1.29, 1.82) is 0 Å². The van der Waals surface area contributed by atoms with Crippen LogP contribution in [0.25, 0.3) is 0 Å². The third-order valence-electron chi connectivity index (χ3n) is 1.75. The molecule has 4 heteroatoms. The second-order valence-electron chi connectivity index (χ2n) is 3.23. The van der Waals surface area contributed by atoms with Gasteiger partial charge in [-0.15, -0.1) is 6.58 Å². The van der Waals surface area contributed by atoms with Crippen LogP contribution in [0, 0.1) is 0 Å². The number of nitrogens with two attached hydrogens (primary N) is 1. The zero-order valence-corrected chi connectivity index (χ0v) is 8.10. The molecule has 78 valence electrons. The highest BCUT2D eigenvalue weighted by molar-refractivity contribution is 4.72. The summed E-state index contributed by atoms with van der Waals surface area (Å²) in [7, 11) is 1.67. The molecule has 0 aromatic heterocycles. The molecule has 2 N–H and O–H groups in total. The first-order valence-corrected chi connectivity index (χ1v) is 4.39. The minimum absolute atomic E-state index is 0.263. The fourth-order valence-electron chi connectivity index (χ4n) is 1.04. The molecule has 0 bridgehead atoms. The Kier molecular flexibility index (Phi) is 5.82. The van der Waals surface area contributed by atoms with Gasteiger partial charge in [-0.1, -0.05) is 6.08 Å². The van der Waals surface area contributed by atoms with E-state index in [1.54, 1.807) is 18.0 Å². The maximum absolute atomic E-state index is 12.7. The van der Waals surface area contributed by atoms with E-state index in [1.807, 2.05) is 0 Å². The molecule has 0 atom stereocenters. The molecule has 0 aliphatic rings. The summed E-state index contributed by atoms with van der Waals surface area (Å²) in [4.78, 5) is 1.59. The molecule has 0 spiro atoms. The van der Waals surface area contributed by atoms with Gasteiger partial charge in [0.15, 0.2) is 0 Å². The zero-order chi connectivity index (χ0) is 10.3. The van der Waals surface area contributed by atoms with Gasteiger partial charge in [-0.3, -0.25) is 0 Å². The van der Waals surface area contributed by atoms with Gasteiger partial charge < -0.3 is 10.6 Å². The predicted molar refractivity (Wildman–Crippen MR) is 50.9 cm³/mol. The summed E-state index contributed by atoms with van der Waals surface area (Å²) >= 11 is 0. The second kappa shape index (κ2) is 6.05. The van der Waals surface area contributed by atoms with E-state index in [2.05, 4.69) is 6.58 Å². The highest BCUT2D eigenvalue weighted by atomic mass is 19.3. The van der Waals surface area contributed by atoms with Crippen LogP contribution in [0.3, 0.4) is 0 Å². The van der Waals surface area contributed by atoms with Gasteiger partial charge in [-0.05, 0) is 26.4 Å². The van der Waals surface area contributed by atoms with Gasteiger partial charge in [0, 0.05) is 0 Å². The monoisotopic (exact) mass is 192 g/mol. The Hall–Kier alpha value is -0.480. The lowest BCUT2D eigenvalue weighted by molar-refractivity contribution is -0.0175. The van der Waals surface area contributed by atoms with Gasteiger partial charge in [0.2, 0.25) is 0 Å². The largest absolute Gasteiger partial charge is 0.325 e. The van der Waals surface area contributed by atoms with E-state index in [4.69, 9.17) is 5.73 Å². The summed E-state index contributed by atoms with van der Waals surface area (Å²) in [6, 6.07) is 0. The molecular weight excluding hydrogens is 174 g/mol. The van der Waals surface area contributed by atoms with E-state index in [1.165, 1.54) is 0 Å². The molecule has 0 aromatic rings. The van der Waals surface area contributed by atoms with Crippen molar-refractivity contribution in [1.82, 2.24) is 4.90 Å². The Balaban J connectivity index is 3.60. The maximum atomic E-state index is 12.7. The van der Waals surface area contributed by atoms with Gasteiger partial charge >= 0.3 is 0 Å². The second-order valence-corrected chi connectivity index (χ2v) is 3.23. The van der Waals surface area contributed by atoms with Gasteiger partial charge in [-0.25, -0.2) is 8.78 Å². The first-order valence-electron chi connectivity index (χ1n) is 4.39. The van der Waals surface area contributed by atoms with E-state index in [9.17, 15) is 8.78 Å². The molecule has 0 aromatic carbocycles. The SMILES string of the molecule is C=CCCCN(C)CC(F)(F)CN. The molecule has 0 saturated heterocycles. The highest BCUT2D eigenvalue weighted by Gasteiger charge is 2.27. The Bertz CT molecular complexity index is 149. The number of hydrogen-bond donors (Lipinski definition) is 1. The van der Waals surface area contributed by atoms with Crippen LogP contribution in [0.1, 0.15) is 12.8 Å². The van der Waals surface area contributed by atoms with E-state index >= 15 is 0 Å². The standard InChI is InChI=1S/C9H18F2N2/c1-3-4-5-6-13(2)8-9(10,11)7-12/h3H,1,4-8,12H2,2H3. The number of nitrogens with zero attached hydrogens (tertiary/aromatic N) is 1. The van der Waals surface area contributed by atoms with E-state index < -0.39 is 12.5 Å². The highest BCUT2D eigenvalue weighted by Crippen LogP contribution is 2.12. The Morgan fingerprint density at radius 1 is 1.54 bits per heavy atom. The van der Waals surface area contributed by atoms with Crippen LogP contribution in [0.2, 0.25) is 0 Å². The molecule has 0 unspecified atom stereocenters. The zero-order valence-electron chi connectivity index (χ0n) is 8.10. The Morgan fingerprint density at radius 2 is 2.15 bits per heavy atom. The normalized spacial score (nSPS) is 12.1. The maximum Gasteiger partial charge on any atom is 0.272 e. The van der Waals surface area contributed by atoms with Crippen LogP contribution in [0.5, 0.6) is 0 Å². The predicted octanol–water partition coefficient (Wildman–Crippen LogP) is 1.48. The molecule has 0 fully saturated rings. The summed E-state index contributed by atoms with van der Waals surface area (Å²) < 4.78 is 25.5. The minimum Gasteiger partial charge on any atom is -0.325 e. The fraction of sp³-hybridized carbons (Fsp3) is 0.778. The van der Waals surface area contributed by atoms with E-state index in [0.717, 1.165) is 12.8 Å². The van der Waals surface area contributed by atoms with Crippen molar-refractivity contribution in [3.8, 4) is 0 Å². The summed E-state index contributed by atoms with van der Waals surface area (Å²) in [5.74, 6) is -2.76. The average Bonchev–Trinajstić information content (AvgIpc) is 2.04. The quantitative estimate of drug-likeness (QED) is 0.489. The first kappa shape index (κ1) is 12.5. The van der Waals surface area contributed by atoms with Crippen molar-refractivity contribution in [3.63, 3.8) is 0 Å². The van der Waals surface area contributed by atoms with Gasteiger partial charge in [0.1, 0.15) is 0 Å². The minimum atomic E-state index is -2.76. The molecule has 0 heterocycles. The van der Waals surface area contributed by atoms with Crippen LogP contribution in [-0.2, 0) is 0 Å². The van der Waals surface area contributed by atoms with Crippen LogP contribution < -0.4 is 5.73 Å². The van der Waals surface area contributed by atoms with E-state index in [0.29, 0.717) is 6.54 Å². The number of halogens is 2. The first-order chi connectivity index (χ1) is 6.02. The smallest absolute Gasteiger partial charge is 0.272 e. The fourth-order valence-corrected chi connectivity index (χ4v) is 1.04. The lowest BCUT2D eigenvalue weighted by Gasteiger charge is -2.22. The molecule has 0 amide bonds. The number of alkyl halides is 2. The number of rotatable bonds is 7. The van der Waals surface area contributed by atoms with Gasteiger partial charge in [-0.2, -0.15) is 0 Å². The molecule has 0 aliphatic heterocycles. The van der Waals surface area contributed by atoms with Gasteiger partial charge in [0.25, 0.3) is 5.92 Å². The summed E-state index contributed by atoms with van der Waals surface area (Å²) in [6.45, 7) is 3.37. The van der Waals surface area contributed by atoms with Crippen LogP contribution in [-0.4, -0.2) is 37.5 Å². The molecule has 0 saturated carbocycles. The van der Waals surface area contributed by atoms with Crippen molar-refractivity contribution in [2.45, 2.75) is 18.8 Å². The van der Waals surface area contributed by atoms with Crippen LogP contribution >= 0.6 is 0 Å². The third kappa shape index (κ3) is 6.66. The van der Waals surface area contributed by atoms with Crippen molar-refractivity contribution in [2.75, 3.05) is 26.7 Å². The molecule has 0 rings (SSSR count). The number of allylic oxidation sites excluding steroid dienone is 1. The summed E-state index contributed by atoms with van der Waals surface area (Å²) in [5, 5.41) is 0. The van der Waals surface area contributed by atoms with Crippen molar-refractivity contribution >= 4 is 0 Å². The third-order valence-corrected chi connectivity index (χ3v) is 1.75. The van der Waals surface area contributed by atoms with Crippen molar-refractivity contribution in [2.24, 2.45) is 5.73 Å². The van der Waals surface area contributed by atoms with Crippen LogP contribution in [0.4, 0.5) is 8.78 Å². The van der Waals surface area contributed by atoms with Crippen molar-refractivity contribution in [3.05, 3.63) is 12.7 Å². The lowest BCUT2D eigenvalue weighted by atomic mass is 10.2. The molecular formula is C9H18F2N2. The van der Waals surface area contributed by atoms with E-state index in [-0.39, 0.29) is 6.54 Å². The van der Waals surface area contributed by atoms with Gasteiger partial charge in [0.05, 0.1) is 13.1 Å². The number of hydrogen-bond acceptors (Lipinski definition) is 2. The van der Waals surface area contributed by atoms with Crippen LogP contribution in [0.15, 0.2) is 12.7 Å². The Labute approximate surface area is 78.4 Å². The molecule has 13 heavy (non-hydrogen) atoms. The molecule has 0 aliphatic carbocycles. The summed E-state index contributed by atoms with van der Waals surface area (Å²) in [6.07, 6.45) is 3.51.